The van der Waals surface area contributed by atoms with Gasteiger partial charge in [-0.1, -0.05) is 0 Å². The van der Waals surface area contributed by atoms with Gasteiger partial charge >= 0.3 is 5.69 Å². The number of aromatic amines is 1. The average Bonchev–Trinajstić information content (AvgIpc) is 2.93. The summed E-state index contributed by atoms with van der Waals surface area (Å²) in [6.45, 7) is 2.90. The van der Waals surface area contributed by atoms with Crippen LogP contribution in [0, 0.1) is 5.82 Å². The van der Waals surface area contributed by atoms with Crippen LogP contribution in [0.15, 0.2) is 15.8 Å². The minimum atomic E-state index is -3.72. The van der Waals surface area contributed by atoms with Crippen molar-refractivity contribution < 1.29 is 31.2 Å². The molecule has 140 valence electrons. The van der Waals surface area contributed by atoms with E-state index in [9.17, 15) is 22.4 Å². The summed E-state index contributed by atoms with van der Waals surface area (Å²) < 4.78 is 58.6. The van der Waals surface area contributed by atoms with Crippen molar-refractivity contribution in [2.24, 2.45) is 0 Å². The van der Waals surface area contributed by atoms with Crippen LogP contribution in [0.1, 0.15) is 20.1 Å². The Bertz CT molecular complexity index is 892. The summed E-state index contributed by atoms with van der Waals surface area (Å²) in [5.74, 6) is -2.20. The van der Waals surface area contributed by atoms with Crippen LogP contribution in [0.4, 0.5) is 4.39 Å². The Morgan fingerprint density at radius 3 is 2.60 bits per heavy atom. The van der Waals surface area contributed by atoms with Crippen molar-refractivity contribution in [2.75, 3.05) is 12.9 Å². The molecule has 3 heterocycles. The van der Waals surface area contributed by atoms with Gasteiger partial charge in [-0.25, -0.2) is 4.79 Å². The molecule has 10 nitrogen and oxygen atoms in total. The number of halogens is 1. The molecule has 1 aromatic rings. The van der Waals surface area contributed by atoms with Crippen molar-refractivity contribution in [1.82, 2.24) is 9.55 Å². The third-order valence-corrected chi connectivity index (χ3v) is 4.33. The van der Waals surface area contributed by atoms with Crippen molar-refractivity contribution in [3.63, 3.8) is 0 Å². The van der Waals surface area contributed by atoms with E-state index in [1.807, 2.05) is 4.98 Å². The lowest BCUT2D eigenvalue weighted by Crippen LogP contribution is -2.38. The standard InChI is InChI=1S/C13H17FN2O8S/c1-13(2)23-8-7(5-21-25(3,19)20)22-11(9(8)24-13)16-4-6(14)10(17)15-12(16)18/h4,7-9,11H,5H2,1-3H3,(H,15,17,18). The zero-order valence-corrected chi connectivity index (χ0v) is 14.4. The number of hydrogen-bond acceptors (Lipinski definition) is 8. The summed E-state index contributed by atoms with van der Waals surface area (Å²) in [6, 6.07) is 0. The second-order valence-electron chi connectivity index (χ2n) is 6.26. The quantitative estimate of drug-likeness (QED) is 0.664. The topological polar surface area (TPSA) is 126 Å². The van der Waals surface area contributed by atoms with E-state index in [1.165, 1.54) is 0 Å². The molecule has 2 aliphatic heterocycles. The molecule has 0 aromatic carbocycles. The van der Waals surface area contributed by atoms with Gasteiger partial charge in [0.15, 0.2) is 12.0 Å². The van der Waals surface area contributed by atoms with Gasteiger partial charge in [-0.2, -0.15) is 12.8 Å². The highest BCUT2D eigenvalue weighted by Gasteiger charge is 2.56. The lowest BCUT2D eigenvalue weighted by atomic mass is 10.1. The summed E-state index contributed by atoms with van der Waals surface area (Å²) in [5.41, 5.74) is -2.05. The molecule has 3 rings (SSSR count). The van der Waals surface area contributed by atoms with Crippen LogP contribution in [0.5, 0.6) is 0 Å². The van der Waals surface area contributed by atoms with Crippen LogP contribution in [0.25, 0.3) is 0 Å². The minimum absolute atomic E-state index is 0.365. The first kappa shape index (κ1) is 18.2. The molecular formula is C13H17FN2O8S. The first-order chi connectivity index (χ1) is 11.5. The summed E-state index contributed by atoms with van der Waals surface area (Å²) >= 11 is 0. The molecule has 0 radical (unpaired) electrons. The van der Waals surface area contributed by atoms with Crippen LogP contribution < -0.4 is 11.2 Å². The minimum Gasteiger partial charge on any atom is -0.346 e. The SMILES string of the molecule is CC1(C)OC2C(COS(C)(=O)=O)OC(n3cc(F)c(=O)[nH]c3=O)C2O1. The van der Waals surface area contributed by atoms with E-state index in [0.717, 1.165) is 10.8 Å². The smallest absolute Gasteiger partial charge is 0.330 e. The molecule has 2 saturated heterocycles. The highest BCUT2D eigenvalue weighted by molar-refractivity contribution is 7.85. The third-order valence-electron chi connectivity index (χ3n) is 3.77. The number of fused-ring (bicyclic) bond motifs is 1. The molecule has 4 unspecified atom stereocenters. The first-order valence-electron chi connectivity index (χ1n) is 7.33. The monoisotopic (exact) mass is 380 g/mol. The fourth-order valence-electron chi connectivity index (χ4n) is 2.86. The Labute approximate surface area is 141 Å². The third kappa shape index (κ3) is 3.67. The van der Waals surface area contributed by atoms with Crippen molar-refractivity contribution in [3.8, 4) is 0 Å². The van der Waals surface area contributed by atoms with Crippen LogP contribution >= 0.6 is 0 Å². The molecule has 0 amide bonds. The molecule has 0 saturated carbocycles. The van der Waals surface area contributed by atoms with Crippen LogP contribution in [0.3, 0.4) is 0 Å². The number of nitrogens with zero attached hydrogens (tertiary/aromatic N) is 1. The largest absolute Gasteiger partial charge is 0.346 e. The molecule has 4 atom stereocenters. The molecule has 0 spiro atoms. The zero-order valence-electron chi connectivity index (χ0n) is 13.6. The van der Waals surface area contributed by atoms with Crippen molar-refractivity contribution in [1.29, 1.82) is 0 Å². The summed E-state index contributed by atoms with van der Waals surface area (Å²) in [6.07, 6.45) is -1.99. The molecule has 1 N–H and O–H groups in total. The molecule has 25 heavy (non-hydrogen) atoms. The van der Waals surface area contributed by atoms with E-state index in [1.54, 1.807) is 13.8 Å². The predicted molar refractivity (Wildman–Crippen MR) is 79.8 cm³/mol. The Hall–Kier alpha value is -1.60. The van der Waals surface area contributed by atoms with E-state index in [0.29, 0.717) is 6.20 Å². The number of aromatic nitrogens is 2. The lowest BCUT2D eigenvalue weighted by Gasteiger charge is -2.24. The van der Waals surface area contributed by atoms with Gasteiger partial charge in [0, 0.05) is 0 Å². The molecule has 1 aromatic heterocycles. The molecule has 0 aliphatic carbocycles. The lowest BCUT2D eigenvalue weighted by molar-refractivity contribution is -0.199. The Balaban J connectivity index is 1.94. The maximum atomic E-state index is 13.6. The Morgan fingerprint density at radius 1 is 1.32 bits per heavy atom. The van der Waals surface area contributed by atoms with E-state index in [4.69, 9.17) is 18.4 Å². The maximum Gasteiger partial charge on any atom is 0.330 e. The van der Waals surface area contributed by atoms with E-state index >= 15 is 0 Å². The van der Waals surface area contributed by atoms with Gasteiger partial charge in [0.2, 0.25) is 5.82 Å². The highest BCUT2D eigenvalue weighted by Crippen LogP contribution is 2.42. The molecule has 2 aliphatic rings. The van der Waals surface area contributed by atoms with Gasteiger partial charge in [0.1, 0.15) is 18.3 Å². The van der Waals surface area contributed by atoms with E-state index < -0.39 is 57.5 Å². The van der Waals surface area contributed by atoms with Crippen LogP contribution in [-0.2, 0) is 28.5 Å². The maximum absolute atomic E-state index is 13.6. The van der Waals surface area contributed by atoms with Gasteiger partial charge in [-0.15, -0.1) is 0 Å². The van der Waals surface area contributed by atoms with Crippen molar-refractivity contribution in [2.45, 2.75) is 44.2 Å². The normalized spacial score (nSPS) is 31.2. The number of ether oxygens (including phenoxy) is 3. The first-order valence-corrected chi connectivity index (χ1v) is 9.15. The Kier molecular flexibility index (Phi) is 4.36. The number of nitrogens with one attached hydrogen (secondary N) is 1. The number of hydrogen-bond donors (Lipinski definition) is 1. The second kappa shape index (κ2) is 5.99. The summed E-state index contributed by atoms with van der Waals surface area (Å²) in [4.78, 5) is 25.0. The Morgan fingerprint density at radius 2 is 1.96 bits per heavy atom. The number of rotatable bonds is 4. The highest BCUT2D eigenvalue weighted by atomic mass is 32.2. The average molecular weight is 380 g/mol. The fraction of sp³-hybridized carbons (Fsp3) is 0.692. The van der Waals surface area contributed by atoms with Crippen molar-refractivity contribution >= 4 is 10.1 Å². The van der Waals surface area contributed by atoms with E-state index in [2.05, 4.69) is 0 Å². The molecule has 0 bridgehead atoms. The fourth-order valence-corrected chi connectivity index (χ4v) is 3.24. The van der Waals surface area contributed by atoms with Gasteiger partial charge in [0.25, 0.3) is 15.7 Å². The molecule has 12 heteroatoms. The van der Waals surface area contributed by atoms with Gasteiger partial charge in [-0.3, -0.25) is 18.5 Å². The van der Waals surface area contributed by atoms with Gasteiger partial charge in [0.05, 0.1) is 19.1 Å². The van der Waals surface area contributed by atoms with Crippen LogP contribution in [0.2, 0.25) is 0 Å². The van der Waals surface area contributed by atoms with Gasteiger partial charge in [-0.05, 0) is 13.8 Å². The summed E-state index contributed by atoms with van der Waals surface area (Å²) in [7, 11) is -3.72. The van der Waals surface area contributed by atoms with Gasteiger partial charge < -0.3 is 14.2 Å². The van der Waals surface area contributed by atoms with Crippen LogP contribution in [-0.4, -0.2) is 54.9 Å². The molecule has 2 fully saturated rings. The molecular weight excluding hydrogens is 363 g/mol. The second-order valence-corrected chi connectivity index (χ2v) is 7.91. The van der Waals surface area contributed by atoms with E-state index in [-0.39, 0.29) is 6.61 Å². The predicted octanol–water partition coefficient (Wildman–Crippen LogP) is -0.931. The number of H-pyrrole nitrogens is 1. The zero-order chi connectivity index (χ0) is 18.6. The van der Waals surface area contributed by atoms with Crippen molar-refractivity contribution in [3.05, 3.63) is 32.9 Å². The summed E-state index contributed by atoms with van der Waals surface area (Å²) in [5, 5.41) is 0.